The predicted molar refractivity (Wildman–Crippen MR) is 138 cm³/mol. The maximum absolute atomic E-state index is 13.5. The van der Waals surface area contributed by atoms with Crippen LogP contribution in [0.15, 0.2) is 58.3 Å². The third-order valence-corrected chi connectivity index (χ3v) is 7.47. The van der Waals surface area contributed by atoms with Crippen LogP contribution in [0.3, 0.4) is 0 Å². The van der Waals surface area contributed by atoms with Crippen molar-refractivity contribution in [3.05, 3.63) is 59.7 Å². The van der Waals surface area contributed by atoms with E-state index in [4.69, 9.17) is 4.42 Å². The van der Waals surface area contributed by atoms with E-state index in [1.54, 1.807) is 17.0 Å². The van der Waals surface area contributed by atoms with Gasteiger partial charge in [0.05, 0.1) is 30.2 Å². The monoisotopic (exact) mass is 490 g/mol. The molecule has 8 nitrogen and oxygen atoms in total. The number of Topliss-reactive ketones (excluding diaryl/α,β-unsaturated/α-hetero) is 1. The van der Waals surface area contributed by atoms with Gasteiger partial charge in [-0.2, -0.15) is 0 Å². The van der Waals surface area contributed by atoms with Gasteiger partial charge in [0.15, 0.2) is 11.5 Å². The lowest BCUT2D eigenvalue weighted by molar-refractivity contribution is -0.131. The van der Waals surface area contributed by atoms with Crippen LogP contribution in [-0.4, -0.2) is 66.2 Å². The molecule has 0 bridgehead atoms. The Kier molecular flexibility index (Phi) is 6.36. The van der Waals surface area contributed by atoms with Gasteiger partial charge in [-0.25, -0.2) is 0 Å². The topological polar surface area (TPSA) is 86.1 Å². The fraction of sp³-hybridized carbons (Fsp3) is 0.464. The van der Waals surface area contributed by atoms with E-state index in [2.05, 4.69) is 31.0 Å². The van der Waals surface area contributed by atoms with Crippen LogP contribution in [0.2, 0.25) is 0 Å². The van der Waals surface area contributed by atoms with Crippen molar-refractivity contribution in [1.82, 2.24) is 9.80 Å². The lowest BCUT2D eigenvalue weighted by Gasteiger charge is -2.39. The summed E-state index contributed by atoms with van der Waals surface area (Å²) >= 11 is 0. The summed E-state index contributed by atoms with van der Waals surface area (Å²) < 4.78 is 5.24. The smallest absolute Gasteiger partial charge is 0.289 e. The molecule has 0 spiro atoms. The first-order valence-electron chi connectivity index (χ1n) is 12.8. The van der Waals surface area contributed by atoms with Gasteiger partial charge in [0, 0.05) is 43.9 Å². The fourth-order valence-electron chi connectivity index (χ4n) is 5.73. The Bertz CT molecular complexity index is 1190. The van der Waals surface area contributed by atoms with Gasteiger partial charge in [0.2, 0.25) is 5.91 Å². The van der Waals surface area contributed by atoms with Gasteiger partial charge in [-0.1, -0.05) is 32.9 Å². The molecule has 2 aliphatic heterocycles. The summed E-state index contributed by atoms with van der Waals surface area (Å²) in [5.74, 6) is 0.333. The Morgan fingerprint density at radius 1 is 1.03 bits per heavy atom. The molecule has 1 N–H and O–H groups in total. The highest BCUT2D eigenvalue weighted by molar-refractivity contribution is 6.01. The van der Waals surface area contributed by atoms with Gasteiger partial charge in [-0.05, 0) is 42.5 Å². The first kappa shape index (κ1) is 24.2. The summed E-state index contributed by atoms with van der Waals surface area (Å²) in [6.07, 6.45) is 3.52. The third kappa shape index (κ3) is 4.52. The van der Waals surface area contributed by atoms with Crippen LogP contribution in [0.4, 0.5) is 11.4 Å². The average molecular weight is 491 g/mol. The highest BCUT2D eigenvalue weighted by Gasteiger charge is 2.41. The molecule has 1 unspecified atom stereocenters. The van der Waals surface area contributed by atoms with Gasteiger partial charge in [0.25, 0.3) is 5.91 Å². The number of benzene rings is 1. The number of nitrogens with one attached hydrogen (secondary N) is 1. The lowest BCUT2D eigenvalue weighted by Crippen LogP contribution is -2.54. The van der Waals surface area contributed by atoms with Crippen molar-refractivity contribution in [2.45, 2.75) is 46.1 Å². The number of hydrogen-bond acceptors (Lipinski definition) is 6. The van der Waals surface area contributed by atoms with Crippen molar-refractivity contribution in [3.63, 3.8) is 0 Å². The second kappa shape index (κ2) is 9.48. The molecule has 2 aromatic rings. The number of piperazine rings is 1. The molecular weight excluding hydrogens is 456 g/mol. The van der Waals surface area contributed by atoms with Crippen molar-refractivity contribution in [1.29, 1.82) is 0 Å². The minimum absolute atomic E-state index is 0.000916. The molecule has 1 fully saturated rings. The third-order valence-electron chi connectivity index (χ3n) is 7.47. The Labute approximate surface area is 211 Å². The van der Waals surface area contributed by atoms with E-state index in [0.29, 0.717) is 38.4 Å². The van der Waals surface area contributed by atoms with Crippen LogP contribution in [0, 0.1) is 5.41 Å². The fourth-order valence-corrected chi connectivity index (χ4v) is 5.73. The largest absolute Gasteiger partial charge is 0.459 e. The Balaban J connectivity index is 1.36. The quantitative estimate of drug-likeness (QED) is 0.699. The van der Waals surface area contributed by atoms with Crippen molar-refractivity contribution in [2.75, 3.05) is 42.9 Å². The number of anilines is 2. The van der Waals surface area contributed by atoms with Crippen molar-refractivity contribution < 1.29 is 18.8 Å². The number of carbonyl (C=O) groups is 3. The molecule has 190 valence electrons. The minimum Gasteiger partial charge on any atom is -0.459 e. The van der Waals surface area contributed by atoms with Crippen molar-refractivity contribution in [2.24, 2.45) is 5.41 Å². The zero-order chi connectivity index (χ0) is 25.4. The number of fused-ring (bicyclic) bond motifs is 1. The Morgan fingerprint density at radius 3 is 2.44 bits per heavy atom. The van der Waals surface area contributed by atoms with Gasteiger partial charge < -0.3 is 24.4 Å². The second-order valence-corrected chi connectivity index (χ2v) is 10.7. The van der Waals surface area contributed by atoms with Crippen molar-refractivity contribution >= 4 is 29.0 Å². The van der Waals surface area contributed by atoms with Gasteiger partial charge >= 0.3 is 0 Å². The Hall–Kier alpha value is -3.55. The number of allylic oxidation sites excluding steroid dienone is 1. The van der Waals surface area contributed by atoms with E-state index in [1.807, 2.05) is 29.2 Å². The molecule has 1 saturated heterocycles. The molecule has 0 radical (unpaired) electrons. The van der Waals surface area contributed by atoms with Crippen LogP contribution in [0.1, 0.15) is 50.6 Å². The maximum Gasteiger partial charge on any atom is 0.289 e. The molecule has 5 rings (SSSR count). The molecule has 1 atom stereocenters. The number of ketones is 1. The zero-order valence-electron chi connectivity index (χ0n) is 21.3. The van der Waals surface area contributed by atoms with E-state index >= 15 is 0 Å². The maximum atomic E-state index is 13.5. The van der Waals surface area contributed by atoms with Crippen LogP contribution in [-0.2, 0) is 9.59 Å². The normalized spacial score (nSPS) is 21.5. The molecule has 3 aliphatic rings. The molecule has 3 heterocycles. The summed E-state index contributed by atoms with van der Waals surface area (Å²) in [5, 5.41) is 3.57. The van der Waals surface area contributed by atoms with Crippen molar-refractivity contribution in [3.8, 4) is 0 Å². The Morgan fingerprint density at radius 2 is 1.75 bits per heavy atom. The summed E-state index contributed by atoms with van der Waals surface area (Å²) in [6, 6.07) is 11.2. The highest BCUT2D eigenvalue weighted by Crippen LogP contribution is 2.44. The number of nitrogens with zero attached hydrogens (tertiary/aromatic N) is 3. The summed E-state index contributed by atoms with van der Waals surface area (Å²) in [7, 11) is 0. The van der Waals surface area contributed by atoms with Crippen LogP contribution in [0.5, 0.6) is 0 Å². The SMILES string of the molecule is CCC1C2=C(CC(C)(C)CC2=O)Nc2ccccc2N1CC(=O)N1CCN(C(=O)c2ccco2)CC1. The van der Waals surface area contributed by atoms with Gasteiger partial charge in [-0.3, -0.25) is 14.4 Å². The van der Waals surface area contributed by atoms with E-state index in [0.717, 1.165) is 35.5 Å². The first-order chi connectivity index (χ1) is 17.3. The summed E-state index contributed by atoms with van der Waals surface area (Å²) in [6.45, 7) is 8.38. The highest BCUT2D eigenvalue weighted by atomic mass is 16.3. The first-order valence-corrected chi connectivity index (χ1v) is 12.8. The second-order valence-electron chi connectivity index (χ2n) is 10.7. The summed E-state index contributed by atoms with van der Waals surface area (Å²) in [5.41, 5.74) is 3.55. The minimum atomic E-state index is -0.175. The molecule has 1 aliphatic carbocycles. The standard InChI is InChI=1S/C28H34N4O4/c1-4-21-26-20(16-28(2,3)17-23(26)33)29-19-8-5-6-9-22(19)32(21)18-25(34)30-11-13-31(14-12-30)27(35)24-10-7-15-36-24/h5-10,15,21,29H,4,11-14,16-18H2,1-3H3. The molecular formula is C28H34N4O4. The predicted octanol–water partition coefficient (Wildman–Crippen LogP) is 3.92. The van der Waals surface area contributed by atoms with Gasteiger partial charge in [-0.15, -0.1) is 0 Å². The van der Waals surface area contributed by atoms with E-state index in [1.165, 1.54) is 6.26 Å². The molecule has 0 saturated carbocycles. The number of furan rings is 1. The van der Waals surface area contributed by atoms with E-state index < -0.39 is 0 Å². The molecule has 1 aromatic carbocycles. The van der Waals surface area contributed by atoms with Crippen LogP contribution >= 0.6 is 0 Å². The number of carbonyl (C=O) groups excluding carboxylic acids is 3. The number of para-hydroxylation sites is 2. The van der Waals surface area contributed by atoms with E-state index in [9.17, 15) is 14.4 Å². The van der Waals surface area contributed by atoms with E-state index in [-0.39, 0.29) is 35.6 Å². The zero-order valence-corrected chi connectivity index (χ0v) is 21.3. The number of rotatable bonds is 4. The lowest BCUT2D eigenvalue weighted by atomic mass is 9.74. The number of amides is 2. The molecule has 8 heteroatoms. The molecule has 36 heavy (non-hydrogen) atoms. The molecule has 1 aromatic heterocycles. The van der Waals surface area contributed by atoms with Crippen LogP contribution in [0.25, 0.3) is 0 Å². The summed E-state index contributed by atoms with van der Waals surface area (Å²) in [4.78, 5) is 45.2. The van der Waals surface area contributed by atoms with Gasteiger partial charge in [0.1, 0.15) is 0 Å². The number of hydrogen-bond donors (Lipinski definition) is 1. The molecule has 2 amide bonds. The van der Waals surface area contributed by atoms with Crippen LogP contribution < -0.4 is 10.2 Å². The average Bonchev–Trinajstić information content (AvgIpc) is 3.35.